The summed E-state index contributed by atoms with van der Waals surface area (Å²) in [5, 5.41) is 1.11. The van der Waals surface area contributed by atoms with Gasteiger partial charge < -0.3 is 0 Å². The number of rotatable bonds is 5. The summed E-state index contributed by atoms with van der Waals surface area (Å²) in [7, 11) is -7.25. The Morgan fingerprint density at radius 2 is 1.77 bits per heavy atom. The van der Waals surface area contributed by atoms with Crippen LogP contribution in [0.4, 0.5) is 0 Å². The minimum atomic E-state index is -3.87. The van der Waals surface area contributed by atoms with Gasteiger partial charge in [0, 0.05) is 12.0 Å². The van der Waals surface area contributed by atoms with Gasteiger partial charge in [-0.05, 0) is 36.6 Å². The summed E-state index contributed by atoms with van der Waals surface area (Å²) in [6.45, 7) is 3.69. The second-order valence-electron chi connectivity index (χ2n) is 6.53. The van der Waals surface area contributed by atoms with Crippen molar-refractivity contribution in [2.45, 2.75) is 31.3 Å². The lowest BCUT2D eigenvalue weighted by atomic mass is 10.2. The maximum atomic E-state index is 13.4. The number of hydrogen-bond donors (Lipinski definition) is 0. The maximum absolute atomic E-state index is 13.4. The molecule has 0 aromatic heterocycles. The molecule has 1 heterocycles. The zero-order chi connectivity index (χ0) is 18.9. The highest BCUT2D eigenvalue weighted by atomic mass is 32.2. The Morgan fingerprint density at radius 3 is 2.38 bits per heavy atom. The molecule has 1 atom stereocenters. The number of aryl methyl sites for hydroxylation is 2. The van der Waals surface area contributed by atoms with Crippen molar-refractivity contribution in [2.24, 2.45) is 0 Å². The topological polar surface area (TPSA) is 71.5 Å². The average Bonchev–Trinajstić information content (AvgIpc) is 2.95. The fourth-order valence-corrected chi connectivity index (χ4v) is 6.27. The molecule has 0 saturated carbocycles. The summed E-state index contributed by atoms with van der Waals surface area (Å²) in [5.74, 6) is -0.232. The summed E-state index contributed by atoms with van der Waals surface area (Å²) >= 11 is 0. The van der Waals surface area contributed by atoms with E-state index >= 15 is 0 Å². The van der Waals surface area contributed by atoms with Crippen molar-refractivity contribution in [3.63, 3.8) is 0 Å². The van der Waals surface area contributed by atoms with Gasteiger partial charge in [-0.3, -0.25) is 0 Å². The van der Waals surface area contributed by atoms with Crippen molar-refractivity contribution in [3.8, 4) is 0 Å². The van der Waals surface area contributed by atoms with E-state index in [2.05, 4.69) is 0 Å². The predicted molar refractivity (Wildman–Crippen MR) is 102 cm³/mol. The van der Waals surface area contributed by atoms with Crippen molar-refractivity contribution in [1.82, 2.24) is 4.31 Å². The third-order valence-corrected chi connectivity index (χ3v) is 7.78. The van der Waals surface area contributed by atoms with Gasteiger partial charge in [0.15, 0.2) is 9.84 Å². The first-order valence-corrected chi connectivity index (χ1v) is 11.4. The summed E-state index contributed by atoms with van der Waals surface area (Å²) in [6, 6.07) is 13.7. The smallest absolute Gasteiger partial charge is 0.224 e. The van der Waals surface area contributed by atoms with Crippen LogP contribution < -0.4 is 0 Å². The van der Waals surface area contributed by atoms with Crippen LogP contribution in [0.5, 0.6) is 0 Å². The highest BCUT2D eigenvalue weighted by Crippen LogP contribution is 2.28. The number of nitrogens with zero attached hydrogens (tertiary/aromatic N) is 1. The van der Waals surface area contributed by atoms with Crippen molar-refractivity contribution in [1.29, 1.82) is 0 Å². The molecule has 0 aliphatic carbocycles. The minimum Gasteiger partial charge on any atom is -0.224 e. The molecule has 1 unspecified atom stereocenters. The first-order chi connectivity index (χ1) is 12.2. The predicted octanol–water partition coefficient (Wildman–Crippen LogP) is 2.81. The minimum absolute atomic E-state index is 0.112. The molecule has 3 rings (SSSR count). The van der Waals surface area contributed by atoms with E-state index in [0.29, 0.717) is 5.56 Å². The van der Waals surface area contributed by atoms with Gasteiger partial charge in [-0.25, -0.2) is 16.8 Å². The molecular formula is C19H21NO4S2. The summed E-state index contributed by atoms with van der Waals surface area (Å²) in [4.78, 5) is 0.214. The molecule has 1 aliphatic heterocycles. The lowest BCUT2D eigenvalue weighted by Gasteiger charge is -2.27. The lowest BCUT2D eigenvalue weighted by molar-refractivity contribution is 0.375. The van der Waals surface area contributed by atoms with Crippen LogP contribution in [0.2, 0.25) is 0 Å². The van der Waals surface area contributed by atoms with E-state index in [9.17, 15) is 16.8 Å². The van der Waals surface area contributed by atoms with Gasteiger partial charge in [-0.1, -0.05) is 48.5 Å². The molecule has 5 nitrogen and oxygen atoms in total. The molecule has 0 radical (unpaired) electrons. The first-order valence-electron chi connectivity index (χ1n) is 8.23. The Kier molecular flexibility index (Phi) is 5.05. The van der Waals surface area contributed by atoms with E-state index in [0.717, 1.165) is 16.5 Å². The Bertz CT molecular complexity index is 1040. The van der Waals surface area contributed by atoms with E-state index in [-0.39, 0.29) is 17.2 Å². The summed E-state index contributed by atoms with van der Waals surface area (Å²) < 4.78 is 51.8. The molecule has 2 aromatic carbocycles. The first kappa shape index (κ1) is 18.8. The van der Waals surface area contributed by atoms with Gasteiger partial charge in [0.2, 0.25) is 10.0 Å². The third kappa shape index (κ3) is 3.90. The van der Waals surface area contributed by atoms with Crippen LogP contribution in [-0.4, -0.2) is 32.9 Å². The molecular weight excluding hydrogens is 370 g/mol. The molecule has 138 valence electrons. The Labute approximate surface area is 154 Å². The summed E-state index contributed by atoms with van der Waals surface area (Å²) in [5.41, 5.74) is 2.28. The van der Waals surface area contributed by atoms with Crippen molar-refractivity contribution in [2.75, 3.05) is 5.75 Å². The zero-order valence-electron chi connectivity index (χ0n) is 14.7. The SMILES string of the molecule is Cc1ccc(C)c(S(=O)(=O)N(Cc2ccccc2)C2C=CS(=O)(=O)C2)c1. The largest absolute Gasteiger partial charge is 0.244 e. The molecule has 7 heteroatoms. The highest BCUT2D eigenvalue weighted by Gasteiger charge is 2.36. The second-order valence-corrected chi connectivity index (χ2v) is 10.3. The maximum Gasteiger partial charge on any atom is 0.244 e. The van der Waals surface area contributed by atoms with Gasteiger partial charge in [0.1, 0.15) is 0 Å². The molecule has 0 N–H and O–H groups in total. The van der Waals surface area contributed by atoms with E-state index < -0.39 is 25.9 Å². The zero-order valence-corrected chi connectivity index (χ0v) is 16.3. The normalized spacial score (nSPS) is 19.1. The number of hydrogen-bond acceptors (Lipinski definition) is 4. The standard InChI is InChI=1S/C19H21NO4S2/c1-15-8-9-16(2)19(12-15)26(23,24)20(13-17-6-4-3-5-7-17)18-10-11-25(21,22)14-18/h3-12,18H,13-14H2,1-2H3. The van der Waals surface area contributed by atoms with Crippen LogP contribution in [0.25, 0.3) is 0 Å². The second kappa shape index (κ2) is 6.98. The molecule has 26 heavy (non-hydrogen) atoms. The van der Waals surface area contributed by atoms with E-state index in [1.165, 1.54) is 10.4 Å². The van der Waals surface area contributed by atoms with E-state index in [1.54, 1.807) is 19.1 Å². The van der Waals surface area contributed by atoms with Gasteiger partial charge >= 0.3 is 0 Å². The van der Waals surface area contributed by atoms with Gasteiger partial charge in [0.05, 0.1) is 16.7 Å². The van der Waals surface area contributed by atoms with Crippen molar-refractivity contribution < 1.29 is 16.8 Å². The Balaban J connectivity index is 2.07. The van der Waals surface area contributed by atoms with Crippen LogP contribution in [0.3, 0.4) is 0 Å². The van der Waals surface area contributed by atoms with Gasteiger partial charge in [-0.2, -0.15) is 4.31 Å². The number of benzene rings is 2. The highest BCUT2D eigenvalue weighted by molar-refractivity contribution is 7.94. The Hall–Kier alpha value is -1.96. The van der Waals surface area contributed by atoms with Crippen molar-refractivity contribution >= 4 is 19.9 Å². The van der Waals surface area contributed by atoms with Crippen LogP contribution in [0, 0.1) is 13.8 Å². The van der Waals surface area contributed by atoms with Gasteiger partial charge in [-0.15, -0.1) is 0 Å². The summed E-state index contributed by atoms with van der Waals surface area (Å²) in [6.07, 6.45) is 1.46. The molecule has 0 amide bonds. The third-order valence-electron chi connectivity index (χ3n) is 4.39. The lowest BCUT2D eigenvalue weighted by Crippen LogP contribution is -2.40. The van der Waals surface area contributed by atoms with Crippen LogP contribution >= 0.6 is 0 Å². The molecule has 0 bridgehead atoms. The molecule has 1 aliphatic rings. The van der Waals surface area contributed by atoms with E-state index in [4.69, 9.17) is 0 Å². The monoisotopic (exact) mass is 391 g/mol. The molecule has 0 spiro atoms. The molecule has 0 saturated heterocycles. The average molecular weight is 392 g/mol. The van der Waals surface area contributed by atoms with Crippen molar-refractivity contribution in [3.05, 3.63) is 76.7 Å². The van der Waals surface area contributed by atoms with Crippen LogP contribution in [0.15, 0.2) is 64.9 Å². The fourth-order valence-electron chi connectivity index (χ4n) is 2.99. The van der Waals surface area contributed by atoms with Gasteiger partial charge in [0.25, 0.3) is 0 Å². The molecule has 0 fully saturated rings. The number of sulfonamides is 1. The number of sulfone groups is 1. The molecule has 2 aromatic rings. The van der Waals surface area contributed by atoms with Crippen LogP contribution in [-0.2, 0) is 26.4 Å². The van der Waals surface area contributed by atoms with E-state index in [1.807, 2.05) is 43.3 Å². The fraction of sp³-hybridized carbons (Fsp3) is 0.263. The quantitative estimate of drug-likeness (QED) is 0.786. The van der Waals surface area contributed by atoms with Crippen LogP contribution in [0.1, 0.15) is 16.7 Å². The Morgan fingerprint density at radius 1 is 1.08 bits per heavy atom.